The lowest BCUT2D eigenvalue weighted by Gasteiger charge is -2.35. The van der Waals surface area contributed by atoms with Crippen molar-refractivity contribution in [3.05, 3.63) is 54.1 Å². The second-order valence-corrected chi connectivity index (χ2v) is 6.11. The van der Waals surface area contributed by atoms with E-state index in [1.807, 2.05) is 18.2 Å². The molecule has 27 heavy (non-hydrogen) atoms. The molecule has 0 aliphatic carbocycles. The van der Waals surface area contributed by atoms with E-state index >= 15 is 0 Å². The van der Waals surface area contributed by atoms with E-state index in [0.29, 0.717) is 45.0 Å². The van der Waals surface area contributed by atoms with Crippen LogP contribution in [-0.2, 0) is 11.3 Å². The van der Waals surface area contributed by atoms with Crippen LogP contribution in [0.25, 0.3) is 0 Å². The van der Waals surface area contributed by atoms with E-state index in [9.17, 15) is 9.59 Å². The van der Waals surface area contributed by atoms with Crippen LogP contribution in [0.15, 0.2) is 42.9 Å². The first-order valence-electron chi connectivity index (χ1n) is 8.97. The molecule has 0 saturated carbocycles. The summed E-state index contributed by atoms with van der Waals surface area (Å²) >= 11 is 0. The van der Waals surface area contributed by atoms with E-state index in [0.717, 1.165) is 11.3 Å². The molecular formula is C19H23N5O3. The van der Waals surface area contributed by atoms with Gasteiger partial charge in [-0.25, -0.2) is 9.78 Å². The highest BCUT2D eigenvalue weighted by molar-refractivity contribution is 5.92. The first-order chi connectivity index (χ1) is 13.2. The van der Waals surface area contributed by atoms with Gasteiger partial charge in [0, 0.05) is 45.1 Å². The lowest BCUT2D eigenvalue weighted by Crippen LogP contribution is -2.49. The zero-order chi connectivity index (χ0) is 19.1. The van der Waals surface area contributed by atoms with Crippen LogP contribution in [0, 0.1) is 0 Å². The molecule has 0 spiro atoms. The van der Waals surface area contributed by atoms with Gasteiger partial charge in [0.25, 0.3) is 5.91 Å². The molecule has 0 atom stereocenters. The number of rotatable bonds is 5. The smallest absolute Gasteiger partial charge is 0.409 e. The van der Waals surface area contributed by atoms with Crippen LogP contribution < -0.4 is 10.2 Å². The van der Waals surface area contributed by atoms with Crippen LogP contribution in [-0.4, -0.2) is 59.7 Å². The Morgan fingerprint density at radius 3 is 2.48 bits per heavy atom. The second-order valence-electron chi connectivity index (χ2n) is 6.11. The SMILES string of the molecule is CCOC(=O)N1CCN(c2ccc(C(=O)NCc3ccncc3)nc2)CC1. The van der Waals surface area contributed by atoms with Gasteiger partial charge in [-0.2, -0.15) is 0 Å². The average Bonchev–Trinajstić information content (AvgIpc) is 2.73. The van der Waals surface area contributed by atoms with Gasteiger partial charge < -0.3 is 19.9 Å². The monoisotopic (exact) mass is 369 g/mol. The topological polar surface area (TPSA) is 87.7 Å². The highest BCUT2D eigenvalue weighted by atomic mass is 16.6. The molecule has 0 bridgehead atoms. The van der Waals surface area contributed by atoms with E-state index in [1.165, 1.54) is 0 Å². The van der Waals surface area contributed by atoms with Crippen molar-refractivity contribution in [3.8, 4) is 0 Å². The summed E-state index contributed by atoms with van der Waals surface area (Å²) in [6.45, 7) is 5.23. The molecule has 1 aliphatic rings. The van der Waals surface area contributed by atoms with Gasteiger partial charge in [-0.3, -0.25) is 9.78 Å². The Bertz CT molecular complexity index is 759. The van der Waals surface area contributed by atoms with Crippen LogP contribution in [0.5, 0.6) is 0 Å². The number of carbonyl (C=O) groups excluding carboxylic acids is 2. The Balaban J connectivity index is 1.51. The maximum Gasteiger partial charge on any atom is 0.409 e. The van der Waals surface area contributed by atoms with Gasteiger partial charge in [0.05, 0.1) is 18.5 Å². The normalized spacial score (nSPS) is 14.0. The van der Waals surface area contributed by atoms with Crippen molar-refractivity contribution in [3.63, 3.8) is 0 Å². The van der Waals surface area contributed by atoms with Crippen LogP contribution >= 0.6 is 0 Å². The highest BCUT2D eigenvalue weighted by Crippen LogP contribution is 2.16. The minimum absolute atomic E-state index is 0.217. The van der Waals surface area contributed by atoms with Crippen molar-refractivity contribution < 1.29 is 14.3 Å². The first-order valence-corrected chi connectivity index (χ1v) is 8.97. The maximum atomic E-state index is 12.2. The summed E-state index contributed by atoms with van der Waals surface area (Å²) in [7, 11) is 0. The summed E-state index contributed by atoms with van der Waals surface area (Å²) in [5.74, 6) is -0.217. The number of carbonyl (C=O) groups is 2. The number of piperazine rings is 1. The number of amides is 2. The van der Waals surface area contributed by atoms with Crippen LogP contribution in [0.2, 0.25) is 0 Å². The largest absolute Gasteiger partial charge is 0.450 e. The molecule has 142 valence electrons. The van der Waals surface area contributed by atoms with Crippen molar-refractivity contribution in [2.45, 2.75) is 13.5 Å². The number of ether oxygens (including phenoxy) is 1. The number of hydrogen-bond acceptors (Lipinski definition) is 6. The molecule has 2 aromatic heterocycles. The molecule has 0 unspecified atom stereocenters. The standard InChI is InChI=1S/C19H23N5O3/c1-2-27-19(26)24-11-9-23(10-12-24)16-3-4-17(21-14-16)18(25)22-13-15-5-7-20-8-6-15/h3-8,14H,2,9-13H2,1H3,(H,22,25). The predicted molar refractivity (Wildman–Crippen MR) is 100 cm³/mol. The van der Waals surface area contributed by atoms with Gasteiger partial charge in [0.1, 0.15) is 5.69 Å². The number of hydrogen-bond donors (Lipinski definition) is 1. The zero-order valence-corrected chi connectivity index (χ0v) is 15.3. The number of nitrogens with one attached hydrogen (secondary N) is 1. The molecule has 3 heterocycles. The fourth-order valence-corrected chi connectivity index (χ4v) is 2.84. The molecular weight excluding hydrogens is 346 g/mol. The molecule has 2 aromatic rings. The van der Waals surface area contributed by atoms with Crippen molar-refractivity contribution in [2.24, 2.45) is 0 Å². The Labute approximate surface area is 158 Å². The fourth-order valence-electron chi connectivity index (χ4n) is 2.84. The maximum absolute atomic E-state index is 12.2. The van der Waals surface area contributed by atoms with E-state index in [4.69, 9.17) is 4.74 Å². The molecule has 1 N–H and O–H groups in total. The summed E-state index contributed by atoms with van der Waals surface area (Å²) < 4.78 is 5.03. The Morgan fingerprint density at radius 1 is 1.11 bits per heavy atom. The molecule has 8 heteroatoms. The molecule has 1 aliphatic heterocycles. The minimum Gasteiger partial charge on any atom is -0.450 e. The summed E-state index contributed by atoms with van der Waals surface area (Å²) in [4.78, 5) is 36.0. The third kappa shape index (κ3) is 4.93. The van der Waals surface area contributed by atoms with Crippen molar-refractivity contribution in [1.82, 2.24) is 20.2 Å². The quantitative estimate of drug-likeness (QED) is 0.863. The Hall–Kier alpha value is -3.16. The third-order valence-electron chi connectivity index (χ3n) is 4.35. The second kappa shape index (κ2) is 8.98. The summed E-state index contributed by atoms with van der Waals surface area (Å²) in [6.07, 6.45) is 4.81. The third-order valence-corrected chi connectivity index (χ3v) is 4.35. The number of anilines is 1. The average molecular weight is 369 g/mol. The van der Waals surface area contributed by atoms with Gasteiger partial charge in [-0.15, -0.1) is 0 Å². The van der Waals surface area contributed by atoms with Crippen LogP contribution in [0.3, 0.4) is 0 Å². The molecule has 2 amide bonds. The van der Waals surface area contributed by atoms with Gasteiger partial charge in [-0.1, -0.05) is 0 Å². The molecule has 0 radical (unpaired) electrons. The molecule has 1 saturated heterocycles. The Morgan fingerprint density at radius 2 is 1.85 bits per heavy atom. The number of aromatic nitrogens is 2. The van der Waals surface area contributed by atoms with E-state index in [-0.39, 0.29) is 12.0 Å². The number of pyridine rings is 2. The lowest BCUT2D eigenvalue weighted by atomic mass is 10.2. The van der Waals surface area contributed by atoms with Gasteiger partial charge in [0.2, 0.25) is 0 Å². The van der Waals surface area contributed by atoms with Gasteiger partial charge in [0.15, 0.2) is 0 Å². The van der Waals surface area contributed by atoms with Crippen molar-refractivity contribution in [2.75, 3.05) is 37.7 Å². The summed E-state index contributed by atoms with van der Waals surface area (Å²) in [5.41, 5.74) is 2.29. The predicted octanol–water partition coefficient (Wildman–Crippen LogP) is 1.69. The summed E-state index contributed by atoms with van der Waals surface area (Å²) in [6, 6.07) is 7.31. The lowest BCUT2D eigenvalue weighted by molar-refractivity contribution is 0.0945. The van der Waals surface area contributed by atoms with Crippen LogP contribution in [0.1, 0.15) is 23.0 Å². The van der Waals surface area contributed by atoms with Gasteiger partial charge >= 0.3 is 6.09 Å². The molecule has 1 fully saturated rings. The zero-order valence-electron chi connectivity index (χ0n) is 15.3. The van der Waals surface area contributed by atoms with Gasteiger partial charge in [-0.05, 0) is 36.8 Å². The van der Waals surface area contributed by atoms with E-state index in [2.05, 4.69) is 20.2 Å². The van der Waals surface area contributed by atoms with Crippen molar-refractivity contribution >= 4 is 17.7 Å². The van der Waals surface area contributed by atoms with E-state index in [1.54, 1.807) is 36.5 Å². The summed E-state index contributed by atoms with van der Waals surface area (Å²) in [5, 5.41) is 2.84. The Kier molecular flexibility index (Phi) is 6.19. The molecule has 3 rings (SSSR count). The van der Waals surface area contributed by atoms with Crippen molar-refractivity contribution in [1.29, 1.82) is 0 Å². The minimum atomic E-state index is -0.267. The first kappa shape index (κ1) is 18.6. The van der Waals surface area contributed by atoms with E-state index < -0.39 is 0 Å². The fraction of sp³-hybridized carbons (Fsp3) is 0.368. The highest BCUT2D eigenvalue weighted by Gasteiger charge is 2.22. The molecule has 8 nitrogen and oxygen atoms in total. The molecule has 0 aromatic carbocycles. The number of nitrogens with zero attached hydrogens (tertiary/aromatic N) is 4. The van der Waals surface area contributed by atoms with Crippen LogP contribution in [0.4, 0.5) is 10.5 Å².